The van der Waals surface area contributed by atoms with Crippen LogP contribution in [0.5, 0.6) is 0 Å². The van der Waals surface area contributed by atoms with Gasteiger partial charge in [-0.25, -0.2) is 0 Å². The van der Waals surface area contributed by atoms with Gasteiger partial charge in [0, 0.05) is 12.8 Å². The molecule has 0 aliphatic carbocycles. The minimum Gasteiger partial charge on any atom is -0.466 e. The number of carbonyl (C=O) groups is 2. The van der Waals surface area contributed by atoms with Crippen LogP contribution in [-0.4, -0.2) is 47.4 Å². The number of nitrogens with one attached hydrogen (secondary N) is 1. The standard InChI is InChI=1S/C76H145NO5/c1-3-5-7-9-11-13-15-16-42-46-50-54-58-62-66-70-76(81)82-71-67-63-59-55-51-47-44-41-39-37-35-33-31-29-27-25-23-21-19-17-18-20-22-24-26-28-30-32-34-36-38-40-43-45-49-53-57-61-65-69-75(80)77-73(72-78)74(79)68-64-60-56-52-48-14-12-10-8-6-4-2/h11,13,16,42,64,68,73-74,78-79H,3-10,12,14-15,17-41,43-63,65-67,69-72H2,1-2H3,(H,77,80)/b13-11-,42-16-,68-64+. The van der Waals surface area contributed by atoms with Gasteiger partial charge in [-0.3, -0.25) is 9.59 Å². The summed E-state index contributed by atoms with van der Waals surface area (Å²) in [5.41, 5.74) is 0. The molecule has 3 N–H and O–H groups in total. The summed E-state index contributed by atoms with van der Waals surface area (Å²) in [6.07, 6.45) is 92.7. The Morgan fingerprint density at radius 2 is 0.610 bits per heavy atom. The molecular weight excluding hydrogens is 1010 g/mol. The lowest BCUT2D eigenvalue weighted by atomic mass is 10.0. The van der Waals surface area contributed by atoms with Crippen molar-refractivity contribution in [3.8, 4) is 0 Å². The third kappa shape index (κ3) is 67.2. The van der Waals surface area contributed by atoms with Gasteiger partial charge >= 0.3 is 5.97 Å². The highest BCUT2D eigenvalue weighted by molar-refractivity contribution is 5.76. The fourth-order valence-corrected chi connectivity index (χ4v) is 11.7. The van der Waals surface area contributed by atoms with Crippen molar-refractivity contribution in [1.82, 2.24) is 5.32 Å². The number of aliphatic hydroxyl groups excluding tert-OH is 2. The minimum absolute atomic E-state index is 0.0101. The van der Waals surface area contributed by atoms with Crippen molar-refractivity contribution in [2.45, 2.75) is 424 Å². The van der Waals surface area contributed by atoms with E-state index in [0.29, 0.717) is 19.4 Å². The van der Waals surface area contributed by atoms with Crippen LogP contribution in [0, 0.1) is 0 Å². The number of esters is 1. The van der Waals surface area contributed by atoms with E-state index in [2.05, 4.69) is 43.5 Å². The van der Waals surface area contributed by atoms with E-state index < -0.39 is 12.1 Å². The third-order valence-electron chi connectivity index (χ3n) is 17.4. The molecule has 0 aromatic heterocycles. The maximum atomic E-state index is 12.4. The number of rotatable bonds is 70. The third-order valence-corrected chi connectivity index (χ3v) is 17.4. The Labute approximate surface area is 513 Å². The lowest BCUT2D eigenvalue weighted by Gasteiger charge is -2.20. The molecule has 0 aliphatic rings. The quantitative estimate of drug-likeness (QED) is 0.0320. The summed E-state index contributed by atoms with van der Waals surface area (Å²) in [6, 6.07) is -0.621. The minimum atomic E-state index is -0.838. The number of ether oxygens (including phenoxy) is 1. The molecule has 0 spiro atoms. The van der Waals surface area contributed by atoms with Gasteiger partial charge in [-0.1, -0.05) is 371 Å². The molecule has 484 valence electrons. The Bertz CT molecular complexity index is 1330. The molecule has 2 atom stereocenters. The summed E-state index contributed by atoms with van der Waals surface area (Å²) in [5, 5.41) is 23.1. The monoisotopic (exact) mass is 1150 g/mol. The van der Waals surface area contributed by atoms with E-state index >= 15 is 0 Å². The normalized spacial score (nSPS) is 12.7. The number of unbranched alkanes of at least 4 members (excludes halogenated alkanes) is 55. The number of hydrogen-bond acceptors (Lipinski definition) is 5. The van der Waals surface area contributed by atoms with Crippen LogP contribution in [-0.2, 0) is 14.3 Å². The first-order valence-corrected chi connectivity index (χ1v) is 37.3. The summed E-state index contributed by atoms with van der Waals surface area (Å²) in [7, 11) is 0. The predicted molar refractivity (Wildman–Crippen MR) is 361 cm³/mol. The summed E-state index contributed by atoms with van der Waals surface area (Å²) < 4.78 is 5.49. The zero-order chi connectivity index (χ0) is 59.2. The van der Waals surface area contributed by atoms with E-state index in [0.717, 1.165) is 51.4 Å². The molecule has 0 heterocycles. The van der Waals surface area contributed by atoms with Crippen molar-refractivity contribution < 1.29 is 24.5 Å². The summed E-state index contributed by atoms with van der Waals surface area (Å²) in [5.74, 6) is -0.0514. The second-order valence-electron chi connectivity index (χ2n) is 25.6. The molecule has 0 aromatic carbocycles. The Hall–Kier alpha value is -1.92. The number of aliphatic hydroxyl groups is 2. The van der Waals surface area contributed by atoms with Gasteiger partial charge in [0.25, 0.3) is 0 Å². The van der Waals surface area contributed by atoms with Crippen LogP contribution >= 0.6 is 0 Å². The van der Waals surface area contributed by atoms with E-state index in [1.54, 1.807) is 6.08 Å². The summed E-state index contributed by atoms with van der Waals surface area (Å²) >= 11 is 0. The van der Waals surface area contributed by atoms with Crippen molar-refractivity contribution >= 4 is 11.9 Å². The molecule has 0 bridgehead atoms. The van der Waals surface area contributed by atoms with Crippen molar-refractivity contribution in [3.05, 3.63) is 36.5 Å². The second-order valence-corrected chi connectivity index (χ2v) is 25.6. The topological polar surface area (TPSA) is 95.9 Å². The average molecular weight is 1150 g/mol. The number of allylic oxidation sites excluding steroid dienone is 5. The highest BCUT2D eigenvalue weighted by Gasteiger charge is 2.18. The fourth-order valence-electron chi connectivity index (χ4n) is 11.7. The molecule has 2 unspecified atom stereocenters. The molecule has 0 saturated carbocycles. The Balaban J connectivity index is 3.28. The van der Waals surface area contributed by atoms with Gasteiger partial charge in [-0.05, 0) is 64.2 Å². The largest absolute Gasteiger partial charge is 0.466 e. The van der Waals surface area contributed by atoms with Crippen molar-refractivity contribution in [1.29, 1.82) is 0 Å². The van der Waals surface area contributed by atoms with Crippen LogP contribution in [0.25, 0.3) is 0 Å². The lowest BCUT2D eigenvalue weighted by molar-refractivity contribution is -0.143. The van der Waals surface area contributed by atoms with E-state index in [4.69, 9.17) is 4.74 Å². The van der Waals surface area contributed by atoms with Crippen molar-refractivity contribution in [3.63, 3.8) is 0 Å². The first kappa shape index (κ1) is 80.1. The van der Waals surface area contributed by atoms with Gasteiger partial charge in [0.2, 0.25) is 5.91 Å². The van der Waals surface area contributed by atoms with Crippen LogP contribution in [0.4, 0.5) is 0 Å². The molecule has 0 fully saturated rings. The van der Waals surface area contributed by atoms with Crippen LogP contribution in [0.2, 0.25) is 0 Å². The Morgan fingerprint density at radius 1 is 0.341 bits per heavy atom. The summed E-state index contributed by atoms with van der Waals surface area (Å²) in [6.45, 7) is 4.89. The first-order chi connectivity index (χ1) is 40.5. The molecule has 0 saturated heterocycles. The summed E-state index contributed by atoms with van der Waals surface area (Å²) in [4.78, 5) is 24.5. The van der Waals surface area contributed by atoms with Gasteiger partial charge in [-0.2, -0.15) is 0 Å². The molecule has 6 nitrogen and oxygen atoms in total. The molecule has 82 heavy (non-hydrogen) atoms. The molecule has 0 radical (unpaired) electrons. The van der Waals surface area contributed by atoms with Gasteiger partial charge in [-0.15, -0.1) is 0 Å². The maximum absolute atomic E-state index is 12.4. The van der Waals surface area contributed by atoms with E-state index in [1.165, 1.54) is 334 Å². The predicted octanol–water partition coefficient (Wildman–Crippen LogP) is 24.3. The zero-order valence-electron chi connectivity index (χ0n) is 55.5. The van der Waals surface area contributed by atoms with Gasteiger partial charge in [0.05, 0.1) is 25.4 Å². The molecule has 1 amide bonds. The van der Waals surface area contributed by atoms with E-state index in [-0.39, 0.29) is 18.5 Å². The number of amides is 1. The number of hydrogen-bond donors (Lipinski definition) is 3. The molecule has 0 aliphatic heterocycles. The molecule has 6 heteroatoms. The van der Waals surface area contributed by atoms with E-state index in [9.17, 15) is 19.8 Å². The Morgan fingerprint density at radius 3 is 0.951 bits per heavy atom. The Kier molecular flexibility index (Phi) is 69.9. The van der Waals surface area contributed by atoms with Crippen LogP contribution < -0.4 is 5.32 Å². The maximum Gasteiger partial charge on any atom is 0.305 e. The van der Waals surface area contributed by atoms with Crippen LogP contribution in [0.15, 0.2) is 36.5 Å². The second kappa shape index (κ2) is 71.6. The highest BCUT2D eigenvalue weighted by Crippen LogP contribution is 2.19. The van der Waals surface area contributed by atoms with Gasteiger partial charge in [0.15, 0.2) is 0 Å². The lowest BCUT2D eigenvalue weighted by Crippen LogP contribution is -2.45. The molecule has 0 rings (SSSR count). The van der Waals surface area contributed by atoms with Crippen molar-refractivity contribution in [2.75, 3.05) is 13.2 Å². The smallest absolute Gasteiger partial charge is 0.305 e. The van der Waals surface area contributed by atoms with Crippen LogP contribution in [0.3, 0.4) is 0 Å². The van der Waals surface area contributed by atoms with Gasteiger partial charge in [0.1, 0.15) is 0 Å². The zero-order valence-corrected chi connectivity index (χ0v) is 55.5. The van der Waals surface area contributed by atoms with Gasteiger partial charge < -0.3 is 20.3 Å². The van der Waals surface area contributed by atoms with E-state index in [1.807, 2.05) is 6.08 Å². The first-order valence-electron chi connectivity index (χ1n) is 37.3. The molecule has 0 aromatic rings. The fraction of sp³-hybridized carbons (Fsp3) is 0.895. The van der Waals surface area contributed by atoms with Crippen molar-refractivity contribution in [2.24, 2.45) is 0 Å². The SMILES string of the molecule is CCCCC/C=C\C/C=C\CCCCCCCC(=O)OCCCCCCCCCCCCCCCCCCCCCCCCCCCCCCCCCCCCCCCCCC(=O)NC(CO)C(O)/C=C/CCCCCCCCCCC. The molecular formula is C76H145NO5. The highest BCUT2D eigenvalue weighted by atomic mass is 16.5. The van der Waals surface area contributed by atoms with Crippen LogP contribution in [0.1, 0.15) is 412 Å². The average Bonchev–Trinajstić information content (AvgIpc) is 3.48. The number of carbonyl (C=O) groups excluding carboxylic acids is 2.